The van der Waals surface area contributed by atoms with Gasteiger partial charge in [0.1, 0.15) is 21.2 Å². The Bertz CT molecular complexity index is 2790. The zero-order valence-electron chi connectivity index (χ0n) is 30.0. The van der Waals surface area contributed by atoms with Gasteiger partial charge in [0.2, 0.25) is 0 Å². The van der Waals surface area contributed by atoms with E-state index in [1.165, 1.54) is 54.6 Å². The van der Waals surface area contributed by atoms with Gasteiger partial charge >= 0.3 is 10.1 Å². The number of nitrogens with zero attached hydrogens (tertiary/aromatic N) is 6. The Balaban J connectivity index is 1.19. The van der Waals surface area contributed by atoms with Gasteiger partial charge in [0.25, 0.3) is 26.1 Å². The van der Waals surface area contributed by atoms with Gasteiger partial charge in [-0.3, -0.25) is 13.9 Å². The Morgan fingerprint density at radius 3 is 1.89 bits per heavy atom. The minimum atomic E-state index is -4.79. The van der Waals surface area contributed by atoms with Gasteiger partial charge < -0.3 is 4.18 Å². The van der Waals surface area contributed by atoms with Gasteiger partial charge in [-0.25, -0.2) is 0 Å². The topological polar surface area (TPSA) is 234 Å². The van der Waals surface area contributed by atoms with Crippen LogP contribution in [0.5, 0.6) is 5.75 Å². The summed E-state index contributed by atoms with van der Waals surface area (Å²) in [5.74, 6) is -0.501. The van der Waals surface area contributed by atoms with Crippen LogP contribution in [0.2, 0.25) is 0 Å². The minimum Gasteiger partial charge on any atom is -0.379 e. The van der Waals surface area contributed by atoms with Crippen molar-refractivity contribution in [3.8, 4) is 16.9 Å². The molecule has 6 rings (SSSR count). The number of aryl methyl sites for hydroxylation is 3. The molecule has 1 heterocycles. The lowest BCUT2D eigenvalue weighted by Gasteiger charge is -2.13. The van der Waals surface area contributed by atoms with Crippen molar-refractivity contribution >= 4 is 64.7 Å². The normalized spacial score (nSPS) is 15.2. The summed E-state index contributed by atoms with van der Waals surface area (Å²) >= 11 is 0. The van der Waals surface area contributed by atoms with E-state index in [0.717, 1.165) is 22.7 Å². The highest BCUT2D eigenvalue weighted by molar-refractivity contribution is 7.87. The third-order valence-electron chi connectivity index (χ3n) is 8.45. The molecule has 5 aromatic rings. The van der Waals surface area contributed by atoms with E-state index in [1.807, 2.05) is 6.92 Å². The van der Waals surface area contributed by atoms with E-state index >= 15 is 0 Å². The predicted octanol–water partition coefficient (Wildman–Crippen LogP) is 7.83. The molecule has 5 aromatic carbocycles. The Hall–Kier alpha value is -5.99. The molecule has 1 atom stereocenters. The third-order valence-corrected chi connectivity index (χ3v) is 11.4. The fourth-order valence-corrected chi connectivity index (χ4v) is 7.63. The molecule has 0 spiro atoms. The first-order chi connectivity index (χ1) is 26.3. The summed E-state index contributed by atoms with van der Waals surface area (Å²) in [6.07, 6.45) is 0. The molecule has 0 fully saturated rings. The van der Waals surface area contributed by atoms with Crippen LogP contribution in [0.1, 0.15) is 23.6 Å². The van der Waals surface area contributed by atoms with Gasteiger partial charge in [-0.1, -0.05) is 23.8 Å². The molecule has 0 saturated heterocycles. The number of benzene rings is 5. The maximum absolute atomic E-state index is 13.1. The van der Waals surface area contributed by atoms with Crippen molar-refractivity contribution in [3.05, 3.63) is 120 Å². The Kier molecular flexibility index (Phi) is 10.8. The molecule has 0 aliphatic carbocycles. The van der Waals surface area contributed by atoms with Gasteiger partial charge in [0, 0.05) is 0 Å². The Morgan fingerprint density at radius 1 is 0.661 bits per heavy atom. The molecule has 1 unspecified atom stereocenters. The summed E-state index contributed by atoms with van der Waals surface area (Å²) in [7, 11) is -13.3. The molecule has 56 heavy (non-hydrogen) atoms. The van der Waals surface area contributed by atoms with Crippen LogP contribution in [0.15, 0.2) is 143 Å². The van der Waals surface area contributed by atoms with Crippen molar-refractivity contribution in [1.29, 1.82) is 0 Å². The van der Waals surface area contributed by atoms with Crippen LogP contribution in [0.4, 0.5) is 22.7 Å². The number of rotatable bonds is 11. The Morgan fingerprint density at radius 2 is 1.29 bits per heavy atom. The maximum atomic E-state index is 13.1. The minimum absolute atomic E-state index is 0.00964. The lowest BCUT2D eigenvalue weighted by atomic mass is 10.00. The summed E-state index contributed by atoms with van der Waals surface area (Å²) in [6, 6.07) is 23.6. The number of hydrogen-bond donors (Lipinski definition) is 2. The number of carbonyl (C=O) groups excluding carboxylic acids is 1. The largest absolute Gasteiger partial charge is 0.379 e. The molecule has 0 bridgehead atoms. The third kappa shape index (κ3) is 8.77. The summed E-state index contributed by atoms with van der Waals surface area (Å²) in [5, 5.41) is 22.0. The van der Waals surface area contributed by atoms with E-state index in [0.29, 0.717) is 33.7 Å². The molecule has 0 aromatic heterocycles. The molecule has 2 N–H and O–H groups in total. The average Bonchev–Trinajstić information content (AvgIpc) is 3.42. The van der Waals surface area contributed by atoms with Crippen LogP contribution in [0.3, 0.4) is 0 Å². The quantitative estimate of drug-likeness (QED) is 0.0744. The highest BCUT2D eigenvalue weighted by Crippen LogP contribution is 2.37. The second-order valence-corrected chi connectivity index (χ2v) is 17.0. The number of hydrogen-bond acceptors (Lipinski definition) is 13. The SMILES string of the molecule is CC1=NN(c2ccc(S(=O)(=O)O)cc2)C(=O)C1N=Nc1ccc(-c2cc(C)c(N=Nc3ccc(OS(=O)(=O)c4ccc(C)cc4)cc3)c(S(=O)(=O)O)c2)cc1C. The van der Waals surface area contributed by atoms with Crippen molar-refractivity contribution in [2.45, 2.75) is 48.4 Å². The molecular weight excluding hydrogens is 785 g/mol. The van der Waals surface area contributed by atoms with E-state index < -0.39 is 47.2 Å². The number of anilines is 1. The molecular formula is C37H32N6O10S3. The van der Waals surface area contributed by atoms with Gasteiger partial charge in [-0.15, -0.1) is 5.11 Å². The van der Waals surface area contributed by atoms with Crippen LogP contribution in [-0.4, -0.2) is 52.0 Å². The number of hydrazone groups is 1. The highest BCUT2D eigenvalue weighted by Gasteiger charge is 2.35. The first kappa shape index (κ1) is 39.7. The van der Waals surface area contributed by atoms with Gasteiger partial charge in [0.15, 0.2) is 6.04 Å². The van der Waals surface area contributed by atoms with E-state index in [-0.39, 0.29) is 32.6 Å². The van der Waals surface area contributed by atoms with Crippen molar-refractivity contribution in [2.75, 3.05) is 5.01 Å². The van der Waals surface area contributed by atoms with E-state index in [9.17, 15) is 39.2 Å². The van der Waals surface area contributed by atoms with Crippen LogP contribution in [0, 0.1) is 20.8 Å². The second-order valence-electron chi connectivity index (χ2n) is 12.6. The van der Waals surface area contributed by atoms with Gasteiger partial charge in [0.05, 0.1) is 27.7 Å². The van der Waals surface area contributed by atoms with Gasteiger partial charge in [-0.2, -0.15) is 50.7 Å². The fraction of sp³-hybridized carbons (Fsp3) is 0.135. The summed E-state index contributed by atoms with van der Waals surface area (Å²) in [6.45, 7) is 6.77. The average molecular weight is 817 g/mol. The summed E-state index contributed by atoms with van der Waals surface area (Å²) in [5.41, 5.74) is 4.04. The first-order valence-electron chi connectivity index (χ1n) is 16.4. The number of amides is 1. The highest BCUT2D eigenvalue weighted by atomic mass is 32.2. The number of azo groups is 2. The van der Waals surface area contributed by atoms with Crippen molar-refractivity contribution in [2.24, 2.45) is 25.6 Å². The molecule has 16 nitrogen and oxygen atoms in total. The summed E-state index contributed by atoms with van der Waals surface area (Å²) in [4.78, 5) is 12.3. The molecule has 0 radical (unpaired) electrons. The lowest BCUT2D eigenvalue weighted by molar-refractivity contribution is -0.117. The van der Waals surface area contributed by atoms with Crippen LogP contribution in [-0.2, 0) is 35.1 Å². The predicted molar refractivity (Wildman–Crippen MR) is 206 cm³/mol. The zero-order valence-corrected chi connectivity index (χ0v) is 32.4. The molecule has 19 heteroatoms. The Labute approximate surface area is 322 Å². The molecule has 0 saturated carbocycles. The molecule has 288 valence electrons. The smallest absolute Gasteiger partial charge is 0.339 e. The monoisotopic (exact) mass is 816 g/mol. The fourth-order valence-electron chi connectivity index (χ4n) is 5.50. The van der Waals surface area contributed by atoms with Crippen molar-refractivity contribution in [3.63, 3.8) is 0 Å². The van der Waals surface area contributed by atoms with Crippen LogP contribution in [0.25, 0.3) is 11.1 Å². The van der Waals surface area contributed by atoms with Crippen molar-refractivity contribution in [1.82, 2.24) is 0 Å². The lowest BCUT2D eigenvalue weighted by Crippen LogP contribution is -2.29. The van der Waals surface area contributed by atoms with Gasteiger partial charge in [-0.05, 0) is 135 Å². The van der Waals surface area contributed by atoms with Crippen LogP contribution >= 0.6 is 0 Å². The van der Waals surface area contributed by atoms with E-state index in [2.05, 4.69) is 25.6 Å². The maximum Gasteiger partial charge on any atom is 0.339 e. The van der Waals surface area contributed by atoms with Crippen LogP contribution < -0.4 is 9.19 Å². The number of carbonyl (C=O) groups is 1. The molecule has 1 amide bonds. The first-order valence-corrected chi connectivity index (χ1v) is 20.7. The van der Waals surface area contributed by atoms with E-state index in [1.54, 1.807) is 57.2 Å². The molecule has 1 aliphatic rings. The molecule has 1 aliphatic heterocycles. The second kappa shape index (κ2) is 15.3. The standard InChI is InChI=1S/C37H32N6O10S3/c1-22-5-14-32(15-6-22)56(51,52)53-30-12-8-28(9-13-30)38-40-35-24(3)20-27(21-34(35)55(48,49)50)26-7-18-33(23(2)19-26)39-41-36-25(4)42-43(37(36)44)29-10-16-31(17-11-29)54(45,46)47/h5-21,36H,1-4H3,(H,45,46,47)(H,48,49,50). The summed E-state index contributed by atoms with van der Waals surface area (Å²) < 4.78 is 97.7. The van der Waals surface area contributed by atoms with E-state index in [4.69, 9.17) is 4.18 Å². The van der Waals surface area contributed by atoms with Crippen molar-refractivity contribution < 1.29 is 43.3 Å². The zero-order chi connectivity index (χ0) is 40.6.